The molecule has 0 bridgehead atoms. The number of rotatable bonds is 3. The average molecular weight is 256 g/mol. The van der Waals surface area contributed by atoms with E-state index >= 15 is 0 Å². The summed E-state index contributed by atoms with van der Waals surface area (Å²) >= 11 is 1.62. The van der Waals surface area contributed by atoms with Crippen molar-refractivity contribution in [1.29, 1.82) is 0 Å². The summed E-state index contributed by atoms with van der Waals surface area (Å²) in [4.78, 5) is 17.1. The van der Waals surface area contributed by atoms with Gasteiger partial charge in [-0.15, -0.1) is 11.3 Å². The van der Waals surface area contributed by atoms with Crippen molar-refractivity contribution in [2.24, 2.45) is 0 Å². The molecule has 1 amide bonds. The Balaban J connectivity index is 2.47. The Kier molecular flexibility index (Phi) is 4.51. The van der Waals surface area contributed by atoms with Crippen LogP contribution in [0.1, 0.15) is 43.3 Å². The normalized spacial score (nSPS) is 11.4. The zero-order valence-electron chi connectivity index (χ0n) is 11.1. The monoisotopic (exact) mass is 256 g/mol. The van der Waals surface area contributed by atoms with Crippen LogP contribution in [0, 0.1) is 6.92 Å². The summed E-state index contributed by atoms with van der Waals surface area (Å²) in [5, 5.41) is 3.63. The highest BCUT2D eigenvalue weighted by molar-refractivity contribution is 7.11. The minimum atomic E-state index is -0.461. The van der Waals surface area contributed by atoms with Crippen LogP contribution in [0.5, 0.6) is 0 Å². The van der Waals surface area contributed by atoms with Gasteiger partial charge in [-0.25, -0.2) is 9.78 Å². The molecule has 0 saturated heterocycles. The molecule has 0 aromatic carbocycles. The number of nitrogens with one attached hydrogen (secondary N) is 1. The lowest BCUT2D eigenvalue weighted by atomic mass is 10.2. The van der Waals surface area contributed by atoms with Crippen molar-refractivity contribution in [2.75, 3.05) is 0 Å². The minimum absolute atomic E-state index is 0.400. The number of thiazole rings is 1. The van der Waals surface area contributed by atoms with Crippen molar-refractivity contribution in [3.05, 3.63) is 15.6 Å². The van der Waals surface area contributed by atoms with Crippen LogP contribution in [-0.2, 0) is 17.7 Å². The second kappa shape index (κ2) is 5.49. The predicted octanol–water partition coefficient (Wildman–Crippen LogP) is 3.04. The number of amides is 1. The first-order valence-electron chi connectivity index (χ1n) is 5.74. The first-order valence-corrected chi connectivity index (χ1v) is 6.55. The molecule has 1 rings (SSSR count). The van der Waals surface area contributed by atoms with Crippen molar-refractivity contribution >= 4 is 17.4 Å². The van der Waals surface area contributed by atoms with E-state index in [1.54, 1.807) is 11.3 Å². The fourth-order valence-corrected chi connectivity index (χ4v) is 2.31. The van der Waals surface area contributed by atoms with Crippen LogP contribution in [0.25, 0.3) is 0 Å². The summed E-state index contributed by atoms with van der Waals surface area (Å²) in [7, 11) is 0. The molecule has 0 radical (unpaired) electrons. The Hall–Kier alpha value is -1.10. The van der Waals surface area contributed by atoms with E-state index in [9.17, 15) is 4.79 Å². The van der Waals surface area contributed by atoms with Crippen molar-refractivity contribution in [2.45, 2.75) is 53.2 Å². The Labute approximate surface area is 106 Å². The van der Waals surface area contributed by atoms with Crippen LogP contribution in [-0.4, -0.2) is 16.7 Å². The third-order valence-corrected chi connectivity index (χ3v) is 3.07. The molecule has 0 saturated carbocycles. The Morgan fingerprint density at radius 1 is 1.47 bits per heavy atom. The molecule has 1 aromatic rings. The molecule has 0 aliphatic heterocycles. The molecule has 17 heavy (non-hydrogen) atoms. The molecule has 1 heterocycles. The van der Waals surface area contributed by atoms with Gasteiger partial charge in [0, 0.05) is 4.88 Å². The predicted molar refractivity (Wildman–Crippen MR) is 69.3 cm³/mol. The summed E-state index contributed by atoms with van der Waals surface area (Å²) < 4.78 is 5.15. The summed E-state index contributed by atoms with van der Waals surface area (Å²) in [6.07, 6.45) is 0.526. The van der Waals surface area contributed by atoms with E-state index in [-0.39, 0.29) is 0 Å². The number of nitrogens with zero attached hydrogens (tertiary/aromatic N) is 1. The summed E-state index contributed by atoms with van der Waals surface area (Å²) in [6.45, 7) is 10.1. The van der Waals surface area contributed by atoms with Crippen LogP contribution in [0.2, 0.25) is 0 Å². The largest absolute Gasteiger partial charge is 0.444 e. The van der Waals surface area contributed by atoms with Gasteiger partial charge < -0.3 is 10.1 Å². The van der Waals surface area contributed by atoms with E-state index in [4.69, 9.17) is 4.74 Å². The zero-order valence-corrected chi connectivity index (χ0v) is 11.9. The lowest BCUT2D eigenvalue weighted by molar-refractivity contribution is 0.0523. The smallest absolute Gasteiger partial charge is 0.408 e. The molecule has 0 unspecified atom stereocenters. The molecular formula is C12H20N2O2S. The van der Waals surface area contributed by atoms with Crippen LogP contribution in [0.3, 0.4) is 0 Å². The molecule has 1 aromatic heterocycles. The molecule has 0 spiro atoms. The summed E-state index contributed by atoms with van der Waals surface area (Å²) in [5.74, 6) is 0. The molecule has 0 fully saturated rings. The highest BCUT2D eigenvalue weighted by atomic mass is 32.1. The average Bonchev–Trinajstić information content (AvgIpc) is 2.53. The van der Waals surface area contributed by atoms with E-state index in [0.717, 1.165) is 17.1 Å². The second-order valence-electron chi connectivity index (χ2n) is 4.82. The van der Waals surface area contributed by atoms with Gasteiger partial charge >= 0.3 is 6.09 Å². The van der Waals surface area contributed by atoms with E-state index in [1.165, 1.54) is 4.88 Å². The number of hydrogen-bond donors (Lipinski definition) is 1. The van der Waals surface area contributed by atoms with Gasteiger partial charge in [-0.3, -0.25) is 0 Å². The number of hydrogen-bond acceptors (Lipinski definition) is 4. The number of aryl methyl sites for hydroxylation is 2. The molecule has 96 valence electrons. The van der Waals surface area contributed by atoms with Crippen LogP contribution in [0.15, 0.2) is 0 Å². The zero-order chi connectivity index (χ0) is 13.1. The second-order valence-corrected chi connectivity index (χ2v) is 6.11. The van der Waals surface area contributed by atoms with Crippen molar-refractivity contribution in [1.82, 2.24) is 10.3 Å². The number of alkyl carbamates (subject to hydrolysis) is 1. The van der Waals surface area contributed by atoms with Crippen molar-refractivity contribution in [3.63, 3.8) is 0 Å². The van der Waals surface area contributed by atoms with E-state index < -0.39 is 11.7 Å². The number of carbonyl (C=O) groups is 1. The topological polar surface area (TPSA) is 51.2 Å². The fourth-order valence-electron chi connectivity index (χ4n) is 1.35. The molecule has 0 aliphatic carbocycles. The third-order valence-electron chi connectivity index (χ3n) is 2.05. The summed E-state index contributed by atoms with van der Waals surface area (Å²) in [5.41, 5.74) is 0.647. The van der Waals surface area contributed by atoms with Crippen LogP contribution >= 0.6 is 11.3 Å². The molecule has 0 atom stereocenters. The molecule has 5 heteroatoms. The van der Waals surface area contributed by atoms with Gasteiger partial charge in [0.15, 0.2) is 0 Å². The molecular weight excluding hydrogens is 236 g/mol. The van der Waals surface area contributed by atoms with Gasteiger partial charge in [-0.1, -0.05) is 6.92 Å². The van der Waals surface area contributed by atoms with Crippen molar-refractivity contribution < 1.29 is 9.53 Å². The van der Waals surface area contributed by atoms with Gasteiger partial charge in [0.1, 0.15) is 10.6 Å². The number of aromatic nitrogens is 1. The van der Waals surface area contributed by atoms with Gasteiger partial charge in [-0.05, 0) is 34.1 Å². The van der Waals surface area contributed by atoms with E-state index in [0.29, 0.717) is 6.54 Å². The molecule has 0 aliphatic rings. The highest BCUT2D eigenvalue weighted by Gasteiger charge is 2.16. The lowest BCUT2D eigenvalue weighted by Gasteiger charge is -2.19. The van der Waals surface area contributed by atoms with Gasteiger partial charge in [0.05, 0.1) is 12.2 Å². The Morgan fingerprint density at radius 3 is 2.59 bits per heavy atom. The summed E-state index contributed by atoms with van der Waals surface area (Å²) in [6, 6.07) is 0. The maximum absolute atomic E-state index is 11.4. The number of ether oxygens (including phenoxy) is 1. The lowest BCUT2D eigenvalue weighted by Crippen LogP contribution is -2.32. The first kappa shape index (κ1) is 14.0. The van der Waals surface area contributed by atoms with Gasteiger partial charge in [0.2, 0.25) is 0 Å². The maximum atomic E-state index is 11.4. The van der Waals surface area contributed by atoms with E-state index in [1.807, 2.05) is 27.7 Å². The first-order chi connectivity index (χ1) is 7.81. The van der Waals surface area contributed by atoms with Crippen molar-refractivity contribution in [3.8, 4) is 0 Å². The van der Waals surface area contributed by atoms with Gasteiger partial charge in [0.25, 0.3) is 0 Å². The Morgan fingerprint density at radius 2 is 2.12 bits per heavy atom. The van der Waals surface area contributed by atoms with Crippen LogP contribution < -0.4 is 5.32 Å². The van der Waals surface area contributed by atoms with Crippen LogP contribution in [0.4, 0.5) is 4.79 Å². The maximum Gasteiger partial charge on any atom is 0.408 e. The fraction of sp³-hybridized carbons (Fsp3) is 0.667. The highest BCUT2D eigenvalue weighted by Crippen LogP contribution is 2.17. The van der Waals surface area contributed by atoms with Gasteiger partial charge in [-0.2, -0.15) is 0 Å². The third kappa shape index (κ3) is 4.73. The van der Waals surface area contributed by atoms with E-state index in [2.05, 4.69) is 17.2 Å². The molecule has 4 nitrogen and oxygen atoms in total. The molecule has 1 N–H and O–H groups in total. The SMILES string of the molecule is CCc1nc(CNC(=O)OC(C)(C)C)sc1C. The quantitative estimate of drug-likeness (QED) is 0.904. The number of carbonyl (C=O) groups excluding carboxylic acids is 1. The minimum Gasteiger partial charge on any atom is -0.444 e. The Bertz CT molecular complexity index is 394. The standard InChI is InChI=1S/C12H20N2O2S/c1-6-9-8(2)17-10(14-9)7-13-11(15)16-12(3,4)5/h6-7H2,1-5H3,(H,13,15).